The van der Waals surface area contributed by atoms with Gasteiger partial charge in [-0.15, -0.1) is 0 Å². The average molecular weight is 242 g/mol. The SMILES string of the molecule is CCC1CC1NC(=O)NC(CC(=O)O)C(C)C. The first-order valence-electron chi connectivity index (χ1n) is 6.22. The van der Waals surface area contributed by atoms with Gasteiger partial charge in [-0.3, -0.25) is 4.79 Å². The van der Waals surface area contributed by atoms with Crippen LogP contribution >= 0.6 is 0 Å². The molecule has 17 heavy (non-hydrogen) atoms. The minimum absolute atomic E-state index is 0.0348. The van der Waals surface area contributed by atoms with E-state index in [0.717, 1.165) is 12.8 Å². The first kappa shape index (κ1) is 13.8. The Labute approximate surface area is 102 Å². The van der Waals surface area contributed by atoms with Crippen LogP contribution in [-0.2, 0) is 4.79 Å². The molecule has 0 spiro atoms. The molecule has 0 aliphatic heterocycles. The zero-order valence-corrected chi connectivity index (χ0v) is 10.7. The molecule has 5 nitrogen and oxygen atoms in total. The molecule has 0 aromatic rings. The number of hydrogen-bond donors (Lipinski definition) is 3. The summed E-state index contributed by atoms with van der Waals surface area (Å²) in [5.74, 6) is -0.183. The van der Waals surface area contributed by atoms with Crippen molar-refractivity contribution in [2.45, 2.75) is 52.1 Å². The van der Waals surface area contributed by atoms with E-state index in [1.54, 1.807) is 0 Å². The van der Waals surface area contributed by atoms with Gasteiger partial charge in [-0.25, -0.2) is 4.79 Å². The van der Waals surface area contributed by atoms with Crippen LogP contribution in [0.4, 0.5) is 4.79 Å². The molecular formula is C12H22N2O3. The van der Waals surface area contributed by atoms with Crippen molar-refractivity contribution in [3.63, 3.8) is 0 Å². The molecule has 5 heteroatoms. The van der Waals surface area contributed by atoms with Gasteiger partial charge in [0.25, 0.3) is 0 Å². The highest BCUT2D eigenvalue weighted by molar-refractivity contribution is 5.76. The molecule has 1 fully saturated rings. The van der Waals surface area contributed by atoms with Crippen LogP contribution in [0.3, 0.4) is 0 Å². The van der Waals surface area contributed by atoms with E-state index >= 15 is 0 Å². The van der Waals surface area contributed by atoms with Crippen molar-refractivity contribution in [1.29, 1.82) is 0 Å². The first-order valence-corrected chi connectivity index (χ1v) is 6.22. The molecule has 0 radical (unpaired) electrons. The highest BCUT2D eigenvalue weighted by Gasteiger charge is 2.36. The third kappa shape index (κ3) is 4.63. The van der Waals surface area contributed by atoms with Crippen molar-refractivity contribution < 1.29 is 14.7 Å². The lowest BCUT2D eigenvalue weighted by Gasteiger charge is -2.20. The maximum absolute atomic E-state index is 11.6. The van der Waals surface area contributed by atoms with Crippen molar-refractivity contribution in [2.24, 2.45) is 11.8 Å². The van der Waals surface area contributed by atoms with Gasteiger partial charge < -0.3 is 15.7 Å². The van der Waals surface area contributed by atoms with Gasteiger partial charge >= 0.3 is 12.0 Å². The van der Waals surface area contributed by atoms with E-state index in [1.165, 1.54) is 0 Å². The molecule has 98 valence electrons. The van der Waals surface area contributed by atoms with Crippen molar-refractivity contribution in [3.05, 3.63) is 0 Å². The molecule has 0 saturated heterocycles. The summed E-state index contributed by atoms with van der Waals surface area (Å²) in [6, 6.07) is -0.283. The van der Waals surface area contributed by atoms with Crippen LogP contribution in [0.25, 0.3) is 0 Å². The predicted octanol–water partition coefficient (Wildman–Crippen LogP) is 1.58. The normalized spacial score (nSPS) is 24.2. The summed E-state index contributed by atoms with van der Waals surface area (Å²) in [6.45, 7) is 5.91. The van der Waals surface area contributed by atoms with Gasteiger partial charge in [0.1, 0.15) is 0 Å². The van der Waals surface area contributed by atoms with Gasteiger partial charge in [0.05, 0.1) is 6.42 Å². The number of carbonyl (C=O) groups excluding carboxylic acids is 1. The molecule has 3 N–H and O–H groups in total. The summed E-state index contributed by atoms with van der Waals surface area (Å²) in [6.07, 6.45) is 2.08. The summed E-state index contributed by atoms with van der Waals surface area (Å²) in [7, 11) is 0. The number of carboxylic acids is 1. The number of nitrogens with one attached hydrogen (secondary N) is 2. The minimum atomic E-state index is -0.887. The number of amides is 2. The van der Waals surface area contributed by atoms with Crippen LogP contribution in [0, 0.1) is 11.8 Å². The molecule has 0 aromatic heterocycles. The van der Waals surface area contributed by atoms with Gasteiger partial charge in [-0.05, 0) is 18.3 Å². The van der Waals surface area contributed by atoms with E-state index in [2.05, 4.69) is 17.6 Å². The lowest BCUT2D eigenvalue weighted by Crippen LogP contribution is -2.46. The molecule has 0 heterocycles. The Hall–Kier alpha value is -1.26. The number of rotatable bonds is 6. The van der Waals surface area contributed by atoms with Gasteiger partial charge in [0, 0.05) is 12.1 Å². The average Bonchev–Trinajstić information content (AvgIpc) is 2.94. The molecule has 1 aliphatic carbocycles. The van der Waals surface area contributed by atoms with Crippen LogP contribution in [0.5, 0.6) is 0 Å². The topological polar surface area (TPSA) is 78.4 Å². The number of aliphatic carboxylic acids is 1. The maximum atomic E-state index is 11.6. The quantitative estimate of drug-likeness (QED) is 0.661. The second-order valence-corrected chi connectivity index (χ2v) is 5.08. The highest BCUT2D eigenvalue weighted by Crippen LogP contribution is 2.32. The molecule has 0 bridgehead atoms. The van der Waals surface area contributed by atoms with Gasteiger partial charge in [-0.1, -0.05) is 27.2 Å². The third-order valence-electron chi connectivity index (χ3n) is 3.28. The standard InChI is InChI=1S/C12H22N2O3/c1-4-8-5-10(8)14-12(17)13-9(7(2)3)6-11(15)16/h7-10H,4-6H2,1-3H3,(H,15,16)(H2,13,14,17). The second-order valence-electron chi connectivity index (χ2n) is 5.08. The fourth-order valence-electron chi connectivity index (χ4n) is 1.90. The van der Waals surface area contributed by atoms with Gasteiger partial charge in [-0.2, -0.15) is 0 Å². The van der Waals surface area contributed by atoms with Crippen molar-refractivity contribution >= 4 is 12.0 Å². The van der Waals surface area contributed by atoms with E-state index in [9.17, 15) is 9.59 Å². The molecular weight excluding hydrogens is 220 g/mol. The molecule has 3 unspecified atom stereocenters. The smallest absolute Gasteiger partial charge is 0.315 e. The van der Waals surface area contributed by atoms with Crippen LogP contribution in [0.1, 0.15) is 40.0 Å². The van der Waals surface area contributed by atoms with Crippen molar-refractivity contribution in [2.75, 3.05) is 0 Å². The summed E-state index contributed by atoms with van der Waals surface area (Å²) >= 11 is 0. The van der Waals surface area contributed by atoms with Gasteiger partial charge in [0.2, 0.25) is 0 Å². The molecule has 3 atom stereocenters. The summed E-state index contributed by atoms with van der Waals surface area (Å²) in [4.78, 5) is 22.3. The van der Waals surface area contributed by atoms with Crippen LogP contribution in [-0.4, -0.2) is 29.2 Å². The number of carboxylic acid groups (broad SMARTS) is 1. The lowest BCUT2D eigenvalue weighted by molar-refractivity contribution is -0.137. The lowest BCUT2D eigenvalue weighted by atomic mass is 10.0. The van der Waals surface area contributed by atoms with Crippen LogP contribution in [0.2, 0.25) is 0 Å². The second kappa shape index (κ2) is 5.89. The van der Waals surface area contributed by atoms with E-state index in [4.69, 9.17) is 5.11 Å². The summed E-state index contributed by atoms with van der Waals surface area (Å²) in [5, 5.41) is 14.4. The van der Waals surface area contributed by atoms with E-state index < -0.39 is 5.97 Å². The van der Waals surface area contributed by atoms with Crippen molar-refractivity contribution in [3.8, 4) is 0 Å². The van der Waals surface area contributed by atoms with Crippen LogP contribution < -0.4 is 10.6 Å². The first-order chi connectivity index (χ1) is 7.93. The molecule has 1 rings (SSSR count). The largest absolute Gasteiger partial charge is 0.481 e. The maximum Gasteiger partial charge on any atom is 0.315 e. The Morgan fingerprint density at radius 2 is 2.06 bits per heavy atom. The van der Waals surface area contributed by atoms with E-state index in [1.807, 2.05) is 13.8 Å². The van der Waals surface area contributed by atoms with Gasteiger partial charge in [0.15, 0.2) is 0 Å². The monoisotopic (exact) mass is 242 g/mol. The Kier molecular flexibility index (Phi) is 4.78. The Morgan fingerprint density at radius 1 is 1.41 bits per heavy atom. The fraction of sp³-hybridized carbons (Fsp3) is 0.833. The third-order valence-corrected chi connectivity index (χ3v) is 3.28. The Balaban J connectivity index is 2.34. The predicted molar refractivity (Wildman–Crippen MR) is 64.7 cm³/mol. The van der Waals surface area contributed by atoms with E-state index in [0.29, 0.717) is 5.92 Å². The van der Waals surface area contributed by atoms with E-state index in [-0.39, 0.29) is 30.5 Å². The minimum Gasteiger partial charge on any atom is -0.481 e. The Morgan fingerprint density at radius 3 is 2.47 bits per heavy atom. The zero-order valence-electron chi connectivity index (χ0n) is 10.7. The van der Waals surface area contributed by atoms with Crippen molar-refractivity contribution in [1.82, 2.24) is 10.6 Å². The molecule has 0 aromatic carbocycles. The number of urea groups is 1. The number of carbonyl (C=O) groups is 2. The summed E-state index contributed by atoms with van der Waals surface area (Å²) in [5.41, 5.74) is 0. The Bertz CT molecular complexity index is 291. The molecule has 1 saturated carbocycles. The molecule has 1 aliphatic rings. The highest BCUT2D eigenvalue weighted by atomic mass is 16.4. The van der Waals surface area contributed by atoms with Crippen LogP contribution in [0.15, 0.2) is 0 Å². The number of hydrogen-bond acceptors (Lipinski definition) is 2. The fourth-order valence-corrected chi connectivity index (χ4v) is 1.90. The summed E-state index contributed by atoms with van der Waals surface area (Å²) < 4.78 is 0. The molecule has 2 amide bonds. The zero-order chi connectivity index (χ0) is 13.0.